The molecule has 0 fully saturated rings. The first kappa shape index (κ1) is 18.4. The van der Waals surface area contributed by atoms with Crippen molar-refractivity contribution in [2.75, 3.05) is 25.4 Å². The average molecular weight is 311 g/mol. The van der Waals surface area contributed by atoms with E-state index in [1.807, 2.05) is 0 Å². The summed E-state index contributed by atoms with van der Waals surface area (Å²) in [5.74, 6) is 2.24. The summed E-state index contributed by atoms with van der Waals surface area (Å²) < 4.78 is 5.66. The van der Waals surface area contributed by atoms with Crippen LogP contribution < -0.4 is 4.74 Å². The molecular formula is C19H34OS. The summed E-state index contributed by atoms with van der Waals surface area (Å²) in [7, 11) is 1.17. The SMILES string of the molecule is CCS(C)(C)C(C)(C)CC(C)(C)Cc1ccc(OC)cc1. The lowest BCUT2D eigenvalue weighted by Gasteiger charge is -2.50. The van der Waals surface area contributed by atoms with Crippen molar-refractivity contribution in [3.8, 4) is 5.75 Å². The van der Waals surface area contributed by atoms with Crippen molar-refractivity contribution in [2.45, 2.75) is 52.2 Å². The molecule has 0 heterocycles. The molecule has 0 spiro atoms. The van der Waals surface area contributed by atoms with E-state index in [1.165, 1.54) is 17.7 Å². The highest BCUT2D eigenvalue weighted by Crippen LogP contribution is 2.57. The minimum absolute atomic E-state index is 0.317. The van der Waals surface area contributed by atoms with E-state index in [0.717, 1.165) is 12.2 Å². The molecule has 0 aliphatic carbocycles. The first-order chi connectivity index (χ1) is 9.53. The zero-order valence-corrected chi connectivity index (χ0v) is 16.1. The third-order valence-electron chi connectivity index (χ3n) is 4.96. The maximum Gasteiger partial charge on any atom is 0.118 e. The number of methoxy groups -OCH3 is 1. The zero-order valence-electron chi connectivity index (χ0n) is 15.2. The van der Waals surface area contributed by atoms with Gasteiger partial charge in [0.25, 0.3) is 0 Å². The Morgan fingerprint density at radius 3 is 1.95 bits per heavy atom. The number of ether oxygens (including phenoxy) is 1. The van der Waals surface area contributed by atoms with E-state index in [4.69, 9.17) is 4.74 Å². The molecule has 1 rings (SSSR count). The minimum Gasteiger partial charge on any atom is -0.497 e. The van der Waals surface area contributed by atoms with Gasteiger partial charge in [0, 0.05) is 0 Å². The highest BCUT2D eigenvalue weighted by molar-refractivity contribution is 8.33. The van der Waals surface area contributed by atoms with Gasteiger partial charge >= 0.3 is 0 Å². The highest BCUT2D eigenvalue weighted by atomic mass is 32.3. The lowest BCUT2D eigenvalue weighted by molar-refractivity contribution is 0.299. The summed E-state index contributed by atoms with van der Waals surface area (Å²) in [6, 6.07) is 8.53. The topological polar surface area (TPSA) is 9.23 Å². The fourth-order valence-corrected chi connectivity index (χ4v) is 4.66. The zero-order chi connectivity index (χ0) is 16.3. The lowest BCUT2D eigenvalue weighted by atomic mass is 9.78. The van der Waals surface area contributed by atoms with Crippen molar-refractivity contribution in [2.24, 2.45) is 5.41 Å². The van der Waals surface area contributed by atoms with Crippen LogP contribution in [0.2, 0.25) is 0 Å². The first-order valence-corrected chi connectivity index (χ1v) is 10.5. The third kappa shape index (κ3) is 4.95. The Bertz CT molecular complexity index is 443. The predicted octanol–water partition coefficient (Wildman–Crippen LogP) is 5.52. The molecule has 2 heteroatoms. The van der Waals surface area contributed by atoms with Gasteiger partial charge in [0.05, 0.1) is 7.11 Å². The standard InChI is InChI=1S/C19H34OS/c1-9-21(7,8)19(4,5)15-18(2,3)14-16-10-12-17(20-6)13-11-16/h10-13H,9,14-15H2,1-8H3. The van der Waals surface area contributed by atoms with E-state index >= 15 is 0 Å². The largest absolute Gasteiger partial charge is 0.497 e. The summed E-state index contributed by atoms with van der Waals surface area (Å²) >= 11 is 0. The van der Waals surface area contributed by atoms with Crippen molar-refractivity contribution in [3.63, 3.8) is 0 Å². The molecule has 0 atom stereocenters. The number of hydrogen-bond donors (Lipinski definition) is 0. The molecule has 0 unspecified atom stereocenters. The molecule has 0 aromatic heterocycles. The third-order valence-corrected chi connectivity index (χ3v) is 9.54. The van der Waals surface area contributed by atoms with Crippen molar-refractivity contribution >= 4 is 10.0 Å². The van der Waals surface area contributed by atoms with Gasteiger partial charge in [-0.05, 0) is 59.0 Å². The van der Waals surface area contributed by atoms with Gasteiger partial charge in [-0.2, -0.15) is 0 Å². The van der Waals surface area contributed by atoms with Gasteiger partial charge in [-0.25, -0.2) is 10.0 Å². The van der Waals surface area contributed by atoms with Crippen LogP contribution in [-0.4, -0.2) is 30.1 Å². The van der Waals surface area contributed by atoms with Crippen molar-refractivity contribution < 1.29 is 4.74 Å². The molecular weight excluding hydrogens is 276 g/mol. The van der Waals surface area contributed by atoms with Gasteiger partial charge in [0.2, 0.25) is 0 Å². The van der Waals surface area contributed by atoms with Crippen LogP contribution in [-0.2, 0) is 6.42 Å². The van der Waals surface area contributed by atoms with Gasteiger partial charge in [-0.15, -0.1) is 0 Å². The second-order valence-corrected chi connectivity index (χ2v) is 12.7. The average Bonchev–Trinajstić information content (AvgIpc) is 2.37. The Morgan fingerprint density at radius 1 is 1.00 bits per heavy atom. The summed E-state index contributed by atoms with van der Waals surface area (Å²) in [4.78, 5) is 0. The summed E-state index contributed by atoms with van der Waals surface area (Å²) in [5, 5.41) is 0. The lowest BCUT2D eigenvalue weighted by Crippen LogP contribution is -2.35. The smallest absolute Gasteiger partial charge is 0.118 e. The van der Waals surface area contributed by atoms with Gasteiger partial charge in [-0.1, -0.05) is 46.8 Å². The maximum atomic E-state index is 5.24. The Hall–Kier alpha value is -0.630. The normalized spacial score (nSPS) is 14.1. The maximum absolute atomic E-state index is 5.24. The predicted molar refractivity (Wildman–Crippen MR) is 99.2 cm³/mol. The Morgan fingerprint density at radius 2 is 1.52 bits per heavy atom. The van der Waals surface area contributed by atoms with Crippen LogP contribution in [0.25, 0.3) is 0 Å². The quantitative estimate of drug-likeness (QED) is 0.644. The van der Waals surface area contributed by atoms with E-state index < -0.39 is 10.0 Å². The van der Waals surface area contributed by atoms with Crippen molar-refractivity contribution in [1.29, 1.82) is 0 Å². The van der Waals surface area contributed by atoms with Gasteiger partial charge < -0.3 is 4.74 Å². The van der Waals surface area contributed by atoms with Crippen LogP contribution in [0, 0.1) is 5.41 Å². The Balaban J connectivity index is 2.81. The van der Waals surface area contributed by atoms with Crippen molar-refractivity contribution in [3.05, 3.63) is 29.8 Å². The number of hydrogen-bond acceptors (Lipinski definition) is 1. The fourth-order valence-electron chi connectivity index (χ4n) is 3.10. The molecule has 122 valence electrons. The fraction of sp³-hybridized carbons (Fsp3) is 0.684. The summed E-state index contributed by atoms with van der Waals surface area (Å²) in [5.41, 5.74) is 1.72. The van der Waals surface area contributed by atoms with E-state index in [9.17, 15) is 0 Å². The summed E-state index contributed by atoms with van der Waals surface area (Å²) in [6.45, 7) is 12.1. The molecule has 0 N–H and O–H groups in total. The molecule has 0 amide bonds. The van der Waals surface area contributed by atoms with Gasteiger partial charge in [-0.3, -0.25) is 0 Å². The van der Waals surface area contributed by atoms with E-state index in [1.54, 1.807) is 7.11 Å². The first-order valence-electron chi connectivity index (χ1n) is 7.86. The van der Waals surface area contributed by atoms with E-state index in [0.29, 0.717) is 10.2 Å². The molecule has 0 radical (unpaired) electrons. The molecule has 0 aliphatic rings. The van der Waals surface area contributed by atoms with Crippen LogP contribution in [0.3, 0.4) is 0 Å². The van der Waals surface area contributed by atoms with Crippen LogP contribution in [0.5, 0.6) is 5.75 Å². The second-order valence-electron chi connectivity index (χ2n) is 7.95. The molecule has 1 aromatic carbocycles. The summed E-state index contributed by atoms with van der Waals surface area (Å²) in [6.07, 6.45) is 7.36. The van der Waals surface area contributed by atoms with E-state index in [-0.39, 0.29) is 0 Å². The molecule has 1 nitrogen and oxygen atoms in total. The Labute approximate surface area is 133 Å². The Kier molecular flexibility index (Phi) is 5.83. The molecule has 0 saturated carbocycles. The van der Waals surface area contributed by atoms with Crippen LogP contribution in [0.1, 0.15) is 46.6 Å². The molecule has 0 aliphatic heterocycles. The highest BCUT2D eigenvalue weighted by Gasteiger charge is 2.36. The van der Waals surface area contributed by atoms with Gasteiger partial charge in [0.1, 0.15) is 5.75 Å². The minimum atomic E-state index is -0.554. The van der Waals surface area contributed by atoms with Crippen LogP contribution >= 0.6 is 10.0 Å². The number of benzene rings is 1. The molecule has 1 aromatic rings. The molecule has 0 bridgehead atoms. The monoisotopic (exact) mass is 310 g/mol. The molecule has 21 heavy (non-hydrogen) atoms. The van der Waals surface area contributed by atoms with Gasteiger partial charge in [0.15, 0.2) is 0 Å². The van der Waals surface area contributed by atoms with Crippen molar-refractivity contribution in [1.82, 2.24) is 0 Å². The van der Waals surface area contributed by atoms with Crippen LogP contribution in [0.15, 0.2) is 24.3 Å². The number of rotatable bonds is 7. The molecule has 0 saturated heterocycles. The van der Waals surface area contributed by atoms with Crippen LogP contribution in [0.4, 0.5) is 0 Å². The second kappa shape index (κ2) is 6.64. The van der Waals surface area contributed by atoms with E-state index in [2.05, 4.69) is 71.4 Å².